The summed E-state index contributed by atoms with van der Waals surface area (Å²) in [6.45, 7) is 1.96. The first-order chi connectivity index (χ1) is 9.15. The quantitative estimate of drug-likeness (QED) is 0.651. The third kappa shape index (κ3) is 3.71. The van der Waals surface area contributed by atoms with Crippen molar-refractivity contribution in [2.24, 2.45) is 0 Å². The zero-order valence-corrected chi connectivity index (χ0v) is 10.8. The molecule has 0 atom stereocenters. The van der Waals surface area contributed by atoms with Gasteiger partial charge in [0.2, 0.25) is 5.91 Å². The molecule has 3 heteroatoms. The fourth-order valence-corrected chi connectivity index (χ4v) is 1.71. The average Bonchev–Trinajstić information content (AvgIpc) is 2.41. The van der Waals surface area contributed by atoms with Crippen LogP contribution in [0.5, 0.6) is 0 Å². The second kappa shape index (κ2) is 5.87. The van der Waals surface area contributed by atoms with E-state index in [2.05, 4.69) is 5.32 Å². The van der Waals surface area contributed by atoms with Crippen LogP contribution in [0, 0.1) is 6.92 Å². The van der Waals surface area contributed by atoms with E-state index >= 15 is 0 Å². The first kappa shape index (κ1) is 12.9. The molecule has 0 aliphatic rings. The van der Waals surface area contributed by atoms with E-state index < -0.39 is 0 Å². The van der Waals surface area contributed by atoms with Crippen molar-refractivity contribution < 1.29 is 4.79 Å². The van der Waals surface area contributed by atoms with Crippen molar-refractivity contribution in [3.63, 3.8) is 0 Å². The Balaban J connectivity index is 2.04. The maximum atomic E-state index is 11.8. The van der Waals surface area contributed by atoms with Crippen molar-refractivity contribution in [2.75, 3.05) is 11.1 Å². The molecule has 2 aromatic carbocycles. The standard InChI is InChI=1S/C16H16N2O/c1-12-7-9-15(14(17)11-12)18-16(19)10-8-13-5-3-2-4-6-13/h2-11H,17H2,1H3,(H,18,19)/b10-8+. The van der Waals surface area contributed by atoms with Crippen LogP contribution in [0.2, 0.25) is 0 Å². The second-order valence-electron chi connectivity index (χ2n) is 4.32. The molecule has 0 aliphatic heterocycles. The van der Waals surface area contributed by atoms with E-state index in [0.29, 0.717) is 11.4 Å². The largest absolute Gasteiger partial charge is 0.397 e. The maximum absolute atomic E-state index is 11.8. The number of rotatable bonds is 3. The van der Waals surface area contributed by atoms with Gasteiger partial charge in [-0.1, -0.05) is 36.4 Å². The van der Waals surface area contributed by atoms with Gasteiger partial charge in [0.25, 0.3) is 0 Å². The predicted octanol–water partition coefficient (Wildman–Crippen LogP) is 3.23. The van der Waals surface area contributed by atoms with Crippen molar-refractivity contribution in [1.29, 1.82) is 0 Å². The summed E-state index contributed by atoms with van der Waals surface area (Å²) in [5.74, 6) is -0.195. The Morgan fingerprint density at radius 3 is 2.58 bits per heavy atom. The summed E-state index contributed by atoms with van der Waals surface area (Å²) in [4.78, 5) is 11.8. The number of nitrogens with two attached hydrogens (primary N) is 1. The fourth-order valence-electron chi connectivity index (χ4n) is 1.71. The van der Waals surface area contributed by atoms with Gasteiger partial charge in [0.05, 0.1) is 11.4 Å². The van der Waals surface area contributed by atoms with E-state index in [9.17, 15) is 4.79 Å². The summed E-state index contributed by atoms with van der Waals surface area (Å²) in [6.07, 6.45) is 3.26. The minimum Gasteiger partial charge on any atom is -0.397 e. The highest BCUT2D eigenvalue weighted by Gasteiger charge is 2.02. The molecule has 0 unspecified atom stereocenters. The van der Waals surface area contributed by atoms with E-state index in [4.69, 9.17) is 5.73 Å². The summed E-state index contributed by atoms with van der Waals surface area (Å²) in [6, 6.07) is 15.2. The first-order valence-electron chi connectivity index (χ1n) is 6.05. The summed E-state index contributed by atoms with van der Waals surface area (Å²) in [7, 11) is 0. The van der Waals surface area contributed by atoms with Gasteiger partial charge in [-0.25, -0.2) is 0 Å². The van der Waals surface area contributed by atoms with Crippen LogP contribution in [0.3, 0.4) is 0 Å². The zero-order chi connectivity index (χ0) is 13.7. The number of carbonyl (C=O) groups is 1. The average molecular weight is 252 g/mol. The molecule has 19 heavy (non-hydrogen) atoms. The minimum atomic E-state index is -0.195. The highest BCUT2D eigenvalue weighted by molar-refractivity contribution is 6.03. The number of hydrogen-bond acceptors (Lipinski definition) is 2. The normalized spacial score (nSPS) is 10.6. The van der Waals surface area contributed by atoms with Gasteiger partial charge in [-0.05, 0) is 36.3 Å². The van der Waals surface area contributed by atoms with Gasteiger partial charge in [0.1, 0.15) is 0 Å². The van der Waals surface area contributed by atoms with E-state index in [0.717, 1.165) is 11.1 Å². The molecule has 3 N–H and O–H groups in total. The van der Waals surface area contributed by atoms with Gasteiger partial charge in [-0.15, -0.1) is 0 Å². The van der Waals surface area contributed by atoms with Crippen molar-refractivity contribution in [2.45, 2.75) is 6.92 Å². The lowest BCUT2D eigenvalue weighted by Gasteiger charge is -2.06. The SMILES string of the molecule is Cc1ccc(NC(=O)/C=C/c2ccccc2)c(N)c1. The van der Waals surface area contributed by atoms with Crippen LogP contribution < -0.4 is 11.1 Å². The van der Waals surface area contributed by atoms with E-state index in [1.165, 1.54) is 6.08 Å². The molecule has 96 valence electrons. The number of carbonyl (C=O) groups excluding carboxylic acids is 1. The monoisotopic (exact) mass is 252 g/mol. The molecule has 1 amide bonds. The maximum Gasteiger partial charge on any atom is 0.248 e. The molecule has 2 aromatic rings. The van der Waals surface area contributed by atoms with Gasteiger partial charge in [0, 0.05) is 6.08 Å². The first-order valence-corrected chi connectivity index (χ1v) is 6.05. The number of benzene rings is 2. The van der Waals surface area contributed by atoms with Crippen LogP contribution >= 0.6 is 0 Å². The molecule has 0 aromatic heterocycles. The van der Waals surface area contributed by atoms with Crippen molar-refractivity contribution in [1.82, 2.24) is 0 Å². The Labute approximate surface area is 112 Å². The molecular weight excluding hydrogens is 236 g/mol. The lowest BCUT2D eigenvalue weighted by Crippen LogP contribution is -2.09. The molecule has 0 spiro atoms. The smallest absolute Gasteiger partial charge is 0.248 e. The number of nitrogen functional groups attached to an aromatic ring is 1. The fraction of sp³-hybridized carbons (Fsp3) is 0.0625. The topological polar surface area (TPSA) is 55.1 Å². The highest BCUT2D eigenvalue weighted by atomic mass is 16.1. The number of aryl methyl sites for hydroxylation is 1. The minimum absolute atomic E-state index is 0.195. The van der Waals surface area contributed by atoms with Crippen LogP contribution in [0.25, 0.3) is 6.08 Å². The third-order valence-electron chi connectivity index (χ3n) is 2.69. The third-order valence-corrected chi connectivity index (χ3v) is 2.69. The van der Waals surface area contributed by atoms with Crippen LogP contribution in [0.4, 0.5) is 11.4 Å². The Kier molecular flexibility index (Phi) is 3.98. The molecule has 0 radical (unpaired) electrons. The Bertz CT molecular complexity index is 603. The van der Waals surface area contributed by atoms with Crippen molar-refractivity contribution in [3.05, 3.63) is 65.7 Å². The highest BCUT2D eigenvalue weighted by Crippen LogP contribution is 2.19. The molecule has 0 heterocycles. The summed E-state index contributed by atoms with van der Waals surface area (Å²) in [5, 5.41) is 2.76. The number of nitrogens with one attached hydrogen (secondary N) is 1. The van der Waals surface area contributed by atoms with Gasteiger partial charge in [-0.2, -0.15) is 0 Å². The molecule has 0 fully saturated rings. The summed E-state index contributed by atoms with van der Waals surface area (Å²) >= 11 is 0. The van der Waals surface area contributed by atoms with Crippen molar-refractivity contribution in [3.8, 4) is 0 Å². The van der Waals surface area contributed by atoms with E-state index in [1.54, 1.807) is 12.1 Å². The predicted molar refractivity (Wildman–Crippen MR) is 79.7 cm³/mol. The van der Waals surface area contributed by atoms with Gasteiger partial charge in [-0.3, -0.25) is 4.79 Å². The lowest BCUT2D eigenvalue weighted by molar-refractivity contribution is -0.111. The summed E-state index contributed by atoms with van der Waals surface area (Å²) in [5.41, 5.74) is 9.09. The number of hydrogen-bond donors (Lipinski definition) is 2. The van der Waals surface area contributed by atoms with Gasteiger partial charge in [0.15, 0.2) is 0 Å². The number of amides is 1. The van der Waals surface area contributed by atoms with Crippen molar-refractivity contribution >= 4 is 23.4 Å². The molecule has 0 bridgehead atoms. The summed E-state index contributed by atoms with van der Waals surface area (Å²) < 4.78 is 0. The van der Waals surface area contributed by atoms with Gasteiger partial charge >= 0.3 is 0 Å². The second-order valence-corrected chi connectivity index (χ2v) is 4.32. The Morgan fingerprint density at radius 1 is 1.16 bits per heavy atom. The van der Waals surface area contributed by atoms with Crippen LogP contribution in [-0.4, -0.2) is 5.91 Å². The Hall–Kier alpha value is -2.55. The number of anilines is 2. The van der Waals surface area contributed by atoms with Crippen LogP contribution in [0.15, 0.2) is 54.6 Å². The lowest BCUT2D eigenvalue weighted by atomic mass is 10.2. The Morgan fingerprint density at radius 2 is 1.89 bits per heavy atom. The van der Waals surface area contributed by atoms with E-state index in [1.807, 2.05) is 49.4 Å². The molecule has 0 aliphatic carbocycles. The molecule has 2 rings (SSSR count). The van der Waals surface area contributed by atoms with Gasteiger partial charge < -0.3 is 11.1 Å². The van der Waals surface area contributed by atoms with E-state index in [-0.39, 0.29) is 5.91 Å². The molecule has 0 saturated carbocycles. The molecule has 3 nitrogen and oxygen atoms in total. The van der Waals surface area contributed by atoms with Crippen LogP contribution in [0.1, 0.15) is 11.1 Å². The zero-order valence-electron chi connectivity index (χ0n) is 10.8. The molecule has 0 saturated heterocycles. The molecular formula is C16H16N2O. The van der Waals surface area contributed by atoms with Crippen LogP contribution in [-0.2, 0) is 4.79 Å².